The zero-order valence-electron chi connectivity index (χ0n) is 13.6. The first-order valence-electron chi connectivity index (χ1n) is 8.05. The average molecular weight is 297 g/mol. The molecule has 0 aliphatic carbocycles. The number of benzene rings is 2. The number of nitrogens with two attached hydrogens (primary N) is 1. The Kier molecular flexibility index (Phi) is 5.76. The van der Waals surface area contributed by atoms with Crippen molar-refractivity contribution >= 4 is 0 Å². The van der Waals surface area contributed by atoms with Crippen molar-refractivity contribution in [2.24, 2.45) is 11.7 Å². The lowest BCUT2D eigenvalue weighted by Gasteiger charge is -2.35. The van der Waals surface area contributed by atoms with Crippen molar-refractivity contribution in [1.82, 2.24) is 0 Å². The summed E-state index contributed by atoms with van der Waals surface area (Å²) in [5.74, 6) is 0.466. The standard InChI is InChI=1S/C20H27NO/c1-16(2)13-19(21)20(22,14-17-9-5-3-6-10-17)15-18-11-7-4-8-12-18/h3-12,16,19,22H,13-15,21H2,1-2H3/t19-/m1/s1. The molecule has 0 aliphatic heterocycles. The highest BCUT2D eigenvalue weighted by Gasteiger charge is 2.35. The van der Waals surface area contributed by atoms with Gasteiger partial charge in [0.1, 0.15) is 0 Å². The zero-order valence-corrected chi connectivity index (χ0v) is 13.6. The maximum atomic E-state index is 11.3. The van der Waals surface area contributed by atoms with Crippen LogP contribution in [0.2, 0.25) is 0 Å². The molecule has 2 rings (SSSR count). The number of hydrogen-bond donors (Lipinski definition) is 2. The topological polar surface area (TPSA) is 46.2 Å². The first-order valence-corrected chi connectivity index (χ1v) is 8.05. The molecule has 0 aliphatic rings. The normalized spacial score (nSPS) is 13.3. The number of rotatable bonds is 7. The van der Waals surface area contributed by atoms with Crippen LogP contribution >= 0.6 is 0 Å². The molecule has 2 aromatic rings. The Hall–Kier alpha value is -1.64. The Labute approximate surface area is 134 Å². The van der Waals surface area contributed by atoms with Crippen LogP contribution in [0, 0.1) is 5.92 Å². The van der Waals surface area contributed by atoms with Crippen molar-refractivity contribution in [1.29, 1.82) is 0 Å². The Morgan fingerprint density at radius 1 is 0.864 bits per heavy atom. The van der Waals surface area contributed by atoms with Crippen LogP contribution in [0.5, 0.6) is 0 Å². The van der Waals surface area contributed by atoms with Crippen molar-refractivity contribution in [3.05, 3.63) is 71.8 Å². The molecule has 2 heteroatoms. The van der Waals surface area contributed by atoms with E-state index in [0.717, 1.165) is 17.5 Å². The molecule has 118 valence electrons. The van der Waals surface area contributed by atoms with Crippen molar-refractivity contribution in [3.63, 3.8) is 0 Å². The first kappa shape index (κ1) is 16.7. The molecule has 0 aromatic heterocycles. The minimum atomic E-state index is -0.924. The van der Waals surface area contributed by atoms with Crippen LogP contribution in [-0.2, 0) is 12.8 Å². The molecule has 2 nitrogen and oxygen atoms in total. The largest absolute Gasteiger partial charge is 0.388 e. The molecular formula is C20H27NO. The van der Waals surface area contributed by atoms with E-state index >= 15 is 0 Å². The fourth-order valence-corrected chi connectivity index (χ4v) is 2.95. The van der Waals surface area contributed by atoms with Crippen LogP contribution in [0.15, 0.2) is 60.7 Å². The summed E-state index contributed by atoms with van der Waals surface area (Å²) in [6.07, 6.45) is 1.98. The fourth-order valence-electron chi connectivity index (χ4n) is 2.95. The van der Waals surface area contributed by atoms with Crippen molar-refractivity contribution in [2.75, 3.05) is 0 Å². The summed E-state index contributed by atoms with van der Waals surface area (Å²) in [5, 5.41) is 11.3. The molecule has 0 saturated carbocycles. The van der Waals surface area contributed by atoms with Gasteiger partial charge in [-0.05, 0) is 23.5 Å². The van der Waals surface area contributed by atoms with Gasteiger partial charge in [-0.3, -0.25) is 0 Å². The molecule has 22 heavy (non-hydrogen) atoms. The minimum Gasteiger partial charge on any atom is -0.388 e. The molecule has 0 bridgehead atoms. The molecule has 0 fully saturated rings. The third-order valence-electron chi connectivity index (χ3n) is 4.12. The predicted molar refractivity (Wildman–Crippen MR) is 92.7 cm³/mol. The van der Waals surface area contributed by atoms with Gasteiger partial charge in [-0.2, -0.15) is 0 Å². The zero-order chi connectivity index (χ0) is 16.0. The second-order valence-electron chi connectivity index (χ2n) is 6.66. The molecule has 1 atom stereocenters. The maximum Gasteiger partial charge on any atom is 0.0878 e. The second-order valence-corrected chi connectivity index (χ2v) is 6.66. The molecule has 3 N–H and O–H groups in total. The van der Waals surface area contributed by atoms with E-state index < -0.39 is 5.60 Å². The van der Waals surface area contributed by atoms with Gasteiger partial charge in [-0.25, -0.2) is 0 Å². The van der Waals surface area contributed by atoms with Gasteiger partial charge in [0.25, 0.3) is 0 Å². The Bertz CT molecular complexity index is 509. The van der Waals surface area contributed by atoms with Crippen molar-refractivity contribution in [3.8, 4) is 0 Å². The summed E-state index contributed by atoms with van der Waals surface area (Å²) in [7, 11) is 0. The van der Waals surface area contributed by atoms with E-state index in [-0.39, 0.29) is 6.04 Å². The fraction of sp³-hybridized carbons (Fsp3) is 0.400. The SMILES string of the molecule is CC(C)C[C@@H](N)C(O)(Cc1ccccc1)Cc1ccccc1. The lowest BCUT2D eigenvalue weighted by atomic mass is 9.79. The molecule has 0 spiro atoms. The van der Waals surface area contributed by atoms with E-state index in [1.807, 2.05) is 36.4 Å². The van der Waals surface area contributed by atoms with Crippen LogP contribution in [0.4, 0.5) is 0 Å². The highest BCUT2D eigenvalue weighted by Crippen LogP contribution is 2.25. The quantitative estimate of drug-likeness (QED) is 0.820. The van der Waals surface area contributed by atoms with Gasteiger partial charge in [-0.15, -0.1) is 0 Å². The Morgan fingerprint density at radius 3 is 1.64 bits per heavy atom. The van der Waals surface area contributed by atoms with Gasteiger partial charge in [0, 0.05) is 18.9 Å². The van der Waals surface area contributed by atoms with E-state index in [0.29, 0.717) is 18.8 Å². The van der Waals surface area contributed by atoms with Crippen molar-refractivity contribution in [2.45, 2.75) is 44.8 Å². The summed E-state index contributed by atoms with van der Waals surface area (Å²) < 4.78 is 0. The first-order chi connectivity index (χ1) is 10.5. The van der Waals surface area contributed by atoms with Crippen LogP contribution in [0.1, 0.15) is 31.4 Å². The van der Waals surface area contributed by atoms with Crippen molar-refractivity contribution < 1.29 is 5.11 Å². The third-order valence-corrected chi connectivity index (χ3v) is 4.12. The van der Waals surface area contributed by atoms with Crippen LogP contribution in [0.3, 0.4) is 0 Å². The van der Waals surface area contributed by atoms with Gasteiger partial charge in [0.2, 0.25) is 0 Å². The molecule has 0 saturated heterocycles. The lowest BCUT2D eigenvalue weighted by Crippen LogP contribution is -2.52. The minimum absolute atomic E-state index is 0.243. The van der Waals surface area contributed by atoms with E-state index in [9.17, 15) is 5.11 Å². The third kappa shape index (κ3) is 4.69. The van der Waals surface area contributed by atoms with Crippen LogP contribution < -0.4 is 5.73 Å². The van der Waals surface area contributed by atoms with Gasteiger partial charge >= 0.3 is 0 Å². The second kappa shape index (κ2) is 7.57. The summed E-state index contributed by atoms with van der Waals surface area (Å²) in [5.41, 5.74) is 7.73. The molecule has 0 radical (unpaired) electrons. The number of hydrogen-bond acceptors (Lipinski definition) is 2. The highest BCUT2D eigenvalue weighted by molar-refractivity contribution is 5.22. The molecule has 0 amide bonds. The summed E-state index contributed by atoms with van der Waals surface area (Å²) in [4.78, 5) is 0. The van der Waals surface area contributed by atoms with Gasteiger partial charge in [0.15, 0.2) is 0 Å². The van der Waals surface area contributed by atoms with Gasteiger partial charge in [0.05, 0.1) is 5.60 Å². The summed E-state index contributed by atoms with van der Waals surface area (Å²) in [6.45, 7) is 4.29. The Balaban J connectivity index is 2.23. The molecule has 2 aromatic carbocycles. The van der Waals surface area contributed by atoms with E-state index in [4.69, 9.17) is 5.73 Å². The predicted octanol–water partition coefficient (Wildman–Crippen LogP) is 3.58. The monoisotopic (exact) mass is 297 g/mol. The van der Waals surface area contributed by atoms with Crippen LogP contribution in [0.25, 0.3) is 0 Å². The summed E-state index contributed by atoms with van der Waals surface area (Å²) >= 11 is 0. The Morgan fingerprint density at radius 2 is 1.27 bits per heavy atom. The van der Waals surface area contributed by atoms with E-state index in [2.05, 4.69) is 38.1 Å². The summed E-state index contributed by atoms with van der Waals surface area (Å²) in [6, 6.07) is 20.0. The maximum absolute atomic E-state index is 11.3. The molecule has 0 unspecified atom stereocenters. The molecular weight excluding hydrogens is 270 g/mol. The van der Waals surface area contributed by atoms with Gasteiger partial charge < -0.3 is 10.8 Å². The average Bonchev–Trinajstić information content (AvgIpc) is 2.48. The van der Waals surface area contributed by atoms with Gasteiger partial charge in [-0.1, -0.05) is 74.5 Å². The number of aliphatic hydroxyl groups is 1. The molecule has 0 heterocycles. The highest BCUT2D eigenvalue weighted by atomic mass is 16.3. The van der Waals surface area contributed by atoms with E-state index in [1.54, 1.807) is 0 Å². The smallest absolute Gasteiger partial charge is 0.0878 e. The van der Waals surface area contributed by atoms with Crippen LogP contribution in [-0.4, -0.2) is 16.7 Å². The lowest BCUT2D eigenvalue weighted by molar-refractivity contribution is 0.00821. The van der Waals surface area contributed by atoms with E-state index in [1.165, 1.54) is 0 Å².